The number of aryl methyl sites for hydroxylation is 1. The van der Waals surface area contributed by atoms with Crippen LogP contribution in [0.5, 0.6) is 0 Å². The number of carbonyl (C=O) groups excluding carboxylic acids is 1. The molecular formula is C16H20BrN3O2. The number of rotatable bonds is 5. The molecule has 6 heteroatoms. The van der Waals surface area contributed by atoms with E-state index in [4.69, 9.17) is 4.42 Å². The molecular weight excluding hydrogens is 346 g/mol. The molecule has 2 aromatic heterocycles. The fourth-order valence-electron chi connectivity index (χ4n) is 2.51. The molecule has 1 amide bonds. The Labute approximate surface area is 138 Å². The molecule has 2 aromatic rings. The van der Waals surface area contributed by atoms with Gasteiger partial charge in [-0.15, -0.1) is 0 Å². The lowest BCUT2D eigenvalue weighted by atomic mass is 10.3. The van der Waals surface area contributed by atoms with E-state index in [-0.39, 0.29) is 5.91 Å². The van der Waals surface area contributed by atoms with Crippen molar-refractivity contribution in [1.82, 2.24) is 14.7 Å². The molecule has 22 heavy (non-hydrogen) atoms. The van der Waals surface area contributed by atoms with E-state index in [1.807, 2.05) is 31.6 Å². The molecule has 0 saturated heterocycles. The number of carbonyl (C=O) groups is 1. The van der Waals surface area contributed by atoms with Crippen molar-refractivity contribution in [3.05, 3.63) is 39.5 Å². The number of hydrogen-bond donors (Lipinski definition) is 0. The van der Waals surface area contributed by atoms with Gasteiger partial charge in [0.15, 0.2) is 5.76 Å². The van der Waals surface area contributed by atoms with Crippen molar-refractivity contribution in [3.63, 3.8) is 0 Å². The molecule has 0 radical (unpaired) electrons. The third-order valence-electron chi connectivity index (χ3n) is 4.05. The van der Waals surface area contributed by atoms with E-state index >= 15 is 0 Å². The van der Waals surface area contributed by atoms with Crippen LogP contribution in [0.2, 0.25) is 0 Å². The maximum atomic E-state index is 12.3. The molecule has 1 aliphatic carbocycles. The zero-order valence-corrected chi connectivity index (χ0v) is 14.7. The Kier molecular flexibility index (Phi) is 4.12. The van der Waals surface area contributed by atoms with E-state index in [0.29, 0.717) is 18.2 Å². The first-order valence-corrected chi connectivity index (χ1v) is 8.28. The smallest absolute Gasteiger partial charge is 0.289 e. The highest BCUT2D eigenvalue weighted by molar-refractivity contribution is 9.10. The first kappa shape index (κ1) is 15.3. The lowest BCUT2D eigenvalue weighted by Gasteiger charge is -2.14. The fraction of sp³-hybridized carbons (Fsp3) is 0.500. The van der Waals surface area contributed by atoms with Gasteiger partial charge in [0.05, 0.1) is 22.4 Å². The van der Waals surface area contributed by atoms with Gasteiger partial charge in [-0.1, -0.05) is 0 Å². The molecule has 0 bridgehead atoms. The van der Waals surface area contributed by atoms with Crippen molar-refractivity contribution in [2.45, 2.75) is 33.2 Å². The second-order valence-electron chi connectivity index (χ2n) is 6.04. The van der Waals surface area contributed by atoms with Crippen LogP contribution in [0.1, 0.15) is 40.5 Å². The zero-order chi connectivity index (χ0) is 15.9. The maximum absolute atomic E-state index is 12.3. The quantitative estimate of drug-likeness (QED) is 0.815. The number of aromatic nitrogens is 2. The van der Waals surface area contributed by atoms with E-state index in [2.05, 4.69) is 21.0 Å². The molecule has 3 rings (SSSR count). The average Bonchev–Trinajstić information content (AvgIpc) is 3.13. The van der Waals surface area contributed by atoms with Gasteiger partial charge in [-0.3, -0.25) is 9.48 Å². The topological polar surface area (TPSA) is 51.3 Å². The third kappa shape index (κ3) is 3.11. The summed E-state index contributed by atoms with van der Waals surface area (Å²) in [7, 11) is 1.83. The summed E-state index contributed by atoms with van der Waals surface area (Å²) >= 11 is 3.51. The summed E-state index contributed by atoms with van der Waals surface area (Å²) in [5.41, 5.74) is 2.00. The summed E-state index contributed by atoms with van der Waals surface area (Å²) in [5.74, 6) is 1.77. The molecule has 0 spiro atoms. The van der Waals surface area contributed by atoms with Crippen molar-refractivity contribution in [2.24, 2.45) is 5.92 Å². The molecule has 0 atom stereocenters. The van der Waals surface area contributed by atoms with Gasteiger partial charge in [0, 0.05) is 13.6 Å². The lowest BCUT2D eigenvalue weighted by Crippen LogP contribution is -2.28. The van der Waals surface area contributed by atoms with E-state index in [1.165, 1.54) is 12.8 Å². The van der Waals surface area contributed by atoms with Gasteiger partial charge in [0.25, 0.3) is 5.91 Å². The Hall–Kier alpha value is -1.56. The zero-order valence-electron chi connectivity index (χ0n) is 13.1. The lowest BCUT2D eigenvalue weighted by molar-refractivity contribution is 0.0755. The minimum absolute atomic E-state index is 0.0484. The van der Waals surface area contributed by atoms with Gasteiger partial charge in [-0.2, -0.15) is 5.10 Å². The molecule has 0 aromatic carbocycles. The third-order valence-corrected chi connectivity index (χ3v) is 5.19. The molecule has 1 fully saturated rings. The normalized spacial score (nSPS) is 14.4. The van der Waals surface area contributed by atoms with Gasteiger partial charge < -0.3 is 9.32 Å². The molecule has 0 aliphatic heterocycles. The monoisotopic (exact) mass is 365 g/mol. The Bertz CT molecular complexity index is 700. The predicted molar refractivity (Wildman–Crippen MR) is 86.9 cm³/mol. The molecule has 118 valence electrons. The van der Waals surface area contributed by atoms with Crippen LogP contribution in [0.15, 0.2) is 21.0 Å². The van der Waals surface area contributed by atoms with Crippen LogP contribution in [0.3, 0.4) is 0 Å². The van der Waals surface area contributed by atoms with Gasteiger partial charge in [-0.25, -0.2) is 0 Å². The van der Waals surface area contributed by atoms with Crippen LogP contribution in [-0.2, 0) is 6.54 Å². The second kappa shape index (κ2) is 5.91. The molecule has 1 saturated carbocycles. The van der Waals surface area contributed by atoms with Crippen molar-refractivity contribution in [1.29, 1.82) is 0 Å². The summed E-state index contributed by atoms with van der Waals surface area (Å²) < 4.78 is 8.60. The molecule has 0 unspecified atom stereocenters. The van der Waals surface area contributed by atoms with E-state index < -0.39 is 0 Å². The summed E-state index contributed by atoms with van der Waals surface area (Å²) in [6.45, 7) is 5.30. The highest BCUT2D eigenvalue weighted by Gasteiger charge is 2.26. The van der Waals surface area contributed by atoms with E-state index in [9.17, 15) is 4.79 Å². The van der Waals surface area contributed by atoms with Gasteiger partial charge >= 0.3 is 0 Å². The van der Waals surface area contributed by atoms with Gasteiger partial charge in [0.1, 0.15) is 5.76 Å². The van der Waals surface area contributed by atoms with E-state index in [1.54, 1.807) is 11.0 Å². The van der Waals surface area contributed by atoms with Gasteiger partial charge in [0.2, 0.25) is 0 Å². The fourth-order valence-corrected chi connectivity index (χ4v) is 2.80. The van der Waals surface area contributed by atoms with Gasteiger partial charge in [-0.05, 0) is 60.7 Å². The first-order chi connectivity index (χ1) is 10.5. The van der Waals surface area contributed by atoms with Crippen LogP contribution in [0.25, 0.3) is 0 Å². The largest absolute Gasteiger partial charge is 0.454 e. The SMILES string of the molecule is Cc1nn(Cc2ccc(C(=O)N(C)CC3CC3)o2)c(C)c1Br. The number of amides is 1. The number of furan rings is 1. The van der Waals surface area contributed by atoms with Crippen LogP contribution in [0, 0.1) is 19.8 Å². The number of nitrogens with zero attached hydrogens (tertiary/aromatic N) is 3. The van der Waals surface area contributed by atoms with Crippen LogP contribution < -0.4 is 0 Å². The van der Waals surface area contributed by atoms with Crippen molar-refractivity contribution in [2.75, 3.05) is 13.6 Å². The Balaban J connectivity index is 1.70. The molecule has 5 nitrogen and oxygen atoms in total. The number of hydrogen-bond acceptors (Lipinski definition) is 3. The maximum Gasteiger partial charge on any atom is 0.289 e. The molecule has 0 N–H and O–H groups in total. The predicted octanol–water partition coefficient (Wildman–Crippen LogP) is 3.39. The standard InChI is InChI=1S/C16H20BrN3O2/c1-10-15(17)11(2)20(18-10)9-13-6-7-14(22-13)16(21)19(3)8-12-4-5-12/h6-7,12H,4-5,8-9H2,1-3H3. The van der Waals surface area contributed by atoms with Crippen molar-refractivity contribution in [3.8, 4) is 0 Å². The van der Waals surface area contributed by atoms with Crippen LogP contribution in [0.4, 0.5) is 0 Å². The van der Waals surface area contributed by atoms with Crippen molar-refractivity contribution < 1.29 is 9.21 Å². The summed E-state index contributed by atoms with van der Waals surface area (Å²) in [5, 5.41) is 4.46. The minimum atomic E-state index is -0.0484. The number of halogens is 1. The van der Waals surface area contributed by atoms with E-state index in [0.717, 1.165) is 28.2 Å². The second-order valence-corrected chi connectivity index (χ2v) is 6.83. The van der Waals surface area contributed by atoms with Crippen LogP contribution >= 0.6 is 15.9 Å². The summed E-state index contributed by atoms with van der Waals surface area (Å²) in [6.07, 6.45) is 2.46. The minimum Gasteiger partial charge on any atom is -0.454 e. The highest BCUT2D eigenvalue weighted by atomic mass is 79.9. The summed E-state index contributed by atoms with van der Waals surface area (Å²) in [4.78, 5) is 14.1. The highest BCUT2D eigenvalue weighted by Crippen LogP contribution is 2.29. The van der Waals surface area contributed by atoms with Crippen molar-refractivity contribution >= 4 is 21.8 Å². The average molecular weight is 366 g/mol. The molecule has 1 aliphatic rings. The summed E-state index contributed by atoms with van der Waals surface area (Å²) in [6, 6.07) is 3.60. The molecule has 2 heterocycles. The van der Waals surface area contributed by atoms with Crippen LogP contribution in [-0.4, -0.2) is 34.2 Å². The Morgan fingerprint density at radius 3 is 2.77 bits per heavy atom. The Morgan fingerprint density at radius 2 is 2.18 bits per heavy atom. The Morgan fingerprint density at radius 1 is 1.45 bits per heavy atom. The first-order valence-electron chi connectivity index (χ1n) is 7.49.